The fourth-order valence-corrected chi connectivity index (χ4v) is 3.38. The van der Waals surface area contributed by atoms with Gasteiger partial charge in [0.05, 0.1) is 0 Å². The molecule has 2 N–H and O–H groups in total. The van der Waals surface area contributed by atoms with Crippen molar-refractivity contribution in [1.29, 1.82) is 0 Å². The molecule has 1 unspecified atom stereocenters. The van der Waals surface area contributed by atoms with Gasteiger partial charge in [-0.3, -0.25) is 14.4 Å². The van der Waals surface area contributed by atoms with Gasteiger partial charge in [-0.25, -0.2) is 4.39 Å². The highest BCUT2D eigenvalue weighted by molar-refractivity contribution is 6.30. The van der Waals surface area contributed by atoms with Crippen LogP contribution in [0.15, 0.2) is 42.5 Å². The lowest BCUT2D eigenvalue weighted by Crippen LogP contribution is -2.36. The first-order valence-corrected chi connectivity index (χ1v) is 9.13. The molecule has 1 saturated heterocycles. The first kappa shape index (κ1) is 19.8. The zero-order valence-electron chi connectivity index (χ0n) is 15.2. The standard InChI is InChI=1S/C20H19ClFN3O3/c1-12(26)24-16-2-4-17(5-3-16)25-7-6-18(20(25)28)19(27)23-11-13-8-14(21)10-15(22)9-13/h2-5,8-10,18H,6-7,11H2,1H3,(H,23,27)(H,24,26). The summed E-state index contributed by atoms with van der Waals surface area (Å²) in [7, 11) is 0. The van der Waals surface area contributed by atoms with Crippen LogP contribution in [-0.4, -0.2) is 24.3 Å². The summed E-state index contributed by atoms with van der Waals surface area (Å²) >= 11 is 5.80. The van der Waals surface area contributed by atoms with E-state index >= 15 is 0 Å². The molecule has 2 aromatic rings. The van der Waals surface area contributed by atoms with E-state index < -0.39 is 17.6 Å². The second-order valence-corrected chi connectivity index (χ2v) is 6.99. The minimum absolute atomic E-state index is 0.0888. The normalized spacial score (nSPS) is 16.2. The maximum absolute atomic E-state index is 13.4. The largest absolute Gasteiger partial charge is 0.351 e. The van der Waals surface area contributed by atoms with Crippen molar-refractivity contribution in [3.8, 4) is 0 Å². The van der Waals surface area contributed by atoms with Crippen molar-refractivity contribution in [3.05, 3.63) is 58.9 Å². The van der Waals surface area contributed by atoms with Gasteiger partial charge < -0.3 is 15.5 Å². The molecule has 3 rings (SSSR count). The van der Waals surface area contributed by atoms with Crippen LogP contribution in [0, 0.1) is 11.7 Å². The molecule has 1 atom stereocenters. The van der Waals surface area contributed by atoms with Crippen molar-refractivity contribution in [2.45, 2.75) is 19.9 Å². The van der Waals surface area contributed by atoms with E-state index in [2.05, 4.69) is 10.6 Å². The smallest absolute Gasteiger partial charge is 0.239 e. The number of nitrogens with one attached hydrogen (secondary N) is 2. The number of benzene rings is 2. The summed E-state index contributed by atoms with van der Waals surface area (Å²) in [5.74, 6) is -2.15. The lowest BCUT2D eigenvalue weighted by molar-refractivity contribution is -0.132. The van der Waals surface area contributed by atoms with E-state index in [1.54, 1.807) is 35.2 Å². The molecular weight excluding hydrogens is 385 g/mol. The predicted octanol–water partition coefficient (Wildman–Crippen LogP) is 3.11. The third kappa shape index (κ3) is 4.67. The second kappa shape index (κ2) is 8.39. The second-order valence-electron chi connectivity index (χ2n) is 6.55. The number of hydrogen-bond donors (Lipinski definition) is 2. The van der Waals surface area contributed by atoms with E-state index in [0.717, 1.165) is 0 Å². The summed E-state index contributed by atoms with van der Waals surface area (Å²) < 4.78 is 13.4. The lowest BCUT2D eigenvalue weighted by Gasteiger charge is -2.17. The minimum Gasteiger partial charge on any atom is -0.351 e. The molecule has 0 aromatic heterocycles. The fourth-order valence-electron chi connectivity index (χ4n) is 3.13. The van der Waals surface area contributed by atoms with Crippen molar-refractivity contribution >= 4 is 40.7 Å². The maximum Gasteiger partial charge on any atom is 0.239 e. The van der Waals surface area contributed by atoms with Gasteiger partial charge in [0, 0.05) is 36.4 Å². The Bertz CT molecular complexity index is 897. The molecule has 2 aromatic carbocycles. The molecule has 0 radical (unpaired) electrons. The van der Waals surface area contributed by atoms with E-state index in [9.17, 15) is 18.8 Å². The zero-order chi connectivity index (χ0) is 20.3. The average molecular weight is 404 g/mol. The molecule has 1 fully saturated rings. The first-order valence-electron chi connectivity index (χ1n) is 8.75. The highest BCUT2D eigenvalue weighted by atomic mass is 35.5. The number of carbonyl (C=O) groups is 3. The van der Waals surface area contributed by atoms with Gasteiger partial charge in [-0.05, 0) is 54.4 Å². The van der Waals surface area contributed by atoms with Crippen molar-refractivity contribution in [1.82, 2.24) is 5.32 Å². The summed E-state index contributed by atoms with van der Waals surface area (Å²) in [6.45, 7) is 1.92. The van der Waals surface area contributed by atoms with Crippen molar-refractivity contribution in [3.63, 3.8) is 0 Å². The summed E-state index contributed by atoms with van der Waals surface area (Å²) in [5, 5.41) is 5.57. The van der Waals surface area contributed by atoms with Crippen molar-refractivity contribution in [2.24, 2.45) is 5.92 Å². The predicted molar refractivity (Wildman–Crippen MR) is 104 cm³/mol. The van der Waals surface area contributed by atoms with E-state index in [0.29, 0.717) is 29.9 Å². The van der Waals surface area contributed by atoms with Crippen LogP contribution in [0.3, 0.4) is 0 Å². The SMILES string of the molecule is CC(=O)Nc1ccc(N2CCC(C(=O)NCc3cc(F)cc(Cl)c3)C2=O)cc1. The lowest BCUT2D eigenvalue weighted by atomic mass is 10.1. The molecule has 8 heteroatoms. The first-order chi connectivity index (χ1) is 13.3. The van der Waals surface area contributed by atoms with Gasteiger partial charge >= 0.3 is 0 Å². The fraction of sp³-hybridized carbons (Fsp3) is 0.250. The van der Waals surface area contributed by atoms with Crippen LogP contribution in [0.1, 0.15) is 18.9 Å². The molecule has 28 heavy (non-hydrogen) atoms. The van der Waals surface area contributed by atoms with Crippen LogP contribution in [0.2, 0.25) is 5.02 Å². The van der Waals surface area contributed by atoms with E-state index in [1.165, 1.54) is 19.1 Å². The van der Waals surface area contributed by atoms with Crippen molar-refractivity contribution < 1.29 is 18.8 Å². The number of nitrogens with zero attached hydrogens (tertiary/aromatic N) is 1. The molecule has 0 aliphatic carbocycles. The van der Waals surface area contributed by atoms with Crippen LogP contribution in [-0.2, 0) is 20.9 Å². The van der Waals surface area contributed by atoms with Gasteiger partial charge in [-0.1, -0.05) is 11.6 Å². The van der Waals surface area contributed by atoms with Crippen LogP contribution in [0.5, 0.6) is 0 Å². The third-order valence-corrected chi connectivity index (χ3v) is 4.63. The van der Waals surface area contributed by atoms with Crippen LogP contribution >= 0.6 is 11.6 Å². The number of amides is 3. The molecule has 1 aliphatic heterocycles. The minimum atomic E-state index is -0.793. The number of hydrogen-bond acceptors (Lipinski definition) is 3. The van der Waals surface area contributed by atoms with Gasteiger partial charge in [0.2, 0.25) is 17.7 Å². The molecular formula is C20H19ClFN3O3. The average Bonchev–Trinajstić information content (AvgIpc) is 3.01. The topological polar surface area (TPSA) is 78.5 Å². The number of rotatable bonds is 5. The van der Waals surface area contributed by atoms with E-state index in [-0.39, 0.29) is 23.4 Å². The molecule has 0 bridgehead atoms. The van der Waals surface area contributed by atoms with Gasteiger partial charge in [0.25, 0.3) is 0 Å². The summed E-state index contributed by atoms with van der Waals surface area (Å²) in [6, 6.07) is 10.9. The van der Waals surface area contributed by atoms with Gasteiger partial charge in [-0.2, -0.15) is 0 Å². The Balaban J connectivity index is 1.61. The summed E-state index contributed by atoms with van der Waals surface area (Å²) in [5.41, 5.74) is 1.81. The molecule has 146 valence electrons. The number of anilines is 2. The molecule has 6 nitrogen and oxygen atoms in total. The molecule has 1 aliphatic rings. The quantitative estimate of drug-likeness (QED) is 0.753. The molecule has 0 saturated carbocycles. The molecule has 1 heterocycles. The van der Waals surface area contributed by atoms with Gasteiger partial charge in [0.1, 0.15) is 11.7 Å². The van der Waals surface area contributed by atoms with E-state index in [4.69, 9.17) is 11.6 Å². The van der Waals surface area contributed by atoms with Crippen LogP contribution in [0.25, 0.3) is 0 Å². The summed E-state index contributed by atoms with van der Waals surface area (Å²) in [6.07, 6.45) is 0.391. The summed E-state index contributed by atoms with van der Waals surface area (Å²) in [4.78, 5) is 37.7. The van der Waals surface area contributed by atoms with E-state index in [1.807, 2.05) is 0 Å². The Morgan fingerprint density at radius 1 is 1.21 bits per heavy atom. The van der Waals surface area contributed by atoms with Crippen LogP contribution in [0.4, 0.5) is 15.8 Å². The highest BCUT2D eigenvalue weighted by Crippen LogP contribution is 2.26. The number of halogens is 2. The Morgan fingerprint density at radius 2 is 1.93 bits per heavy atom. The van der Waals surface area contributed by atoms with Crippen LogP contribution < -0.4 is 15.5 Å². The zero-order valence-corrected chi connectivity index (χ0v) is 15.9. The molecule has 0 spiro atoms. The van der Waals surface area contributed by atoms with Gasteiger partial charge in [-0.15, -0.1) is 0 Å². The molecule has 3 amide bonds. The Kier molecular flexibility index (Phi) is 5.94. The van der Waals surface area contributed by atoms with Gasteiger partial charge in [0.15, 0.2) is 0 Å². The highest BCUT2D eigenvalue weighted by Gasteiger charge is 2.37. The van der Waals surface area contributed by atoms with Crippen molar-refractivity contribution in [2.75, 3.05) is 16.8 Å². The Morgan fingerprint density at radius 3 is 2.57 bits per heavy atom. The monoisotopic (exact) mass is 403 g/mol. The maximum atomic E-state index is 13.4. The Labute approximate surface area is 166 Å². The Hall–Kier alpha value is -2.93. The number of carbonyl (C=O) groups excluding carboxylic acids is 3. The third-order valence-electron chi connectivity index (χ3n) is 4.41.